The molecule has 0 fully saturated rings. The van der Waals surface area contributed by atoms with Gasteiger partial charge in [-0.2, -0.15) is 5.10 Å². The third-order valence-corrected chi connectivity index (χ3v) is 1.90. The van der Waals surface area contributed by atoms with Crippen molar-refractivity contribution in [1.29, 1.82) is 0 Å². The molecule has 0 aromatic carbocycles. The van der Waals surface area contributed by atoms with E-state index in [4.69, 9.17) is 5.73 Å². The maximum Gasteiger partial charge on any atom is 0.309 e. The van der Waals surface area contributed by atoms with Crippen LogP contribution in [0.2, 0.25) is 0 Å². The molecular formula is C7H10N4O3. The highest BCUT2D eigenvalue weighted by atomic mass is 16.6. The standard InChI is InChI=1S/C7H10N4O3/c1-4-6(11(13)14)3-10(9-4)5(2)7(8)12/h3,5H,1-2H3,(H2,8,12). The van der Waals surface area contributed by atoms with Gasteiger partial charge in [0.15, 0.2) is 0 Å². The van der Waals surface area contributed by atoms with Crippen LogP contribution < -0.4 is 5.73 Å². The maximum absolute atomic E-state index is 10.8. The Morgan fingerprint density at radius 3 is 2.71 bits per heavy atom. The van der Waals surface area contributed by atoms with Gasteiger partial charge < -0.3 is 5.73 Å². The molecule has 1 rings (SSSR count). The Kier molecular flexibility index (Phi) is 2.50. The van der Waals surface area contributed by atoms with Crippen molar-refractivity contribution in [3.05, 3.63) is 22.0 Å². The van der Waals surface area contributed by atoms with E-state index in [1.165, 1.54) is 24.7 Å². The number of nitro groups is 1. The largest absolute Gasteiger partial charge is 0.368 e. The van der Waals surface area contributed by atoms with Crippen molar-refractivity contribution in [3.63, 3.8) is 0 Å². The average Bonchev–Trinajstić information content (AvgIpc) is 2.45. The van der Waals surface area contributed by atoms with Gasteiger partial charge in [0.2, 0.25) is 5.91 Å². The first kappa shape index (κ1) is 10.2. The molecule has 0 aliphatic rings. The number of primary amides is 1. The number of nitrogens with zero attached hydrogens (tertiary/aromatic N) is 3. The van der Waals surface area contributed by atoms with E-state index in [1.807, 2.05) is 0 Å². The lowest BCUT2D eigenvalue weighted by molar-refractivity contribution is -0.385. The summed E-state index contributed by atoms with van der Waals surface area (Å²) in [6.45, 7) is 3.03. The molecule has 1 heterocycles. The maximum atomic E-state index is 10.8. The Morgan fingerprint density at radius 1 is 1.79 bits per heavy atom. The van der Waals surface area contributed by atoms with Crippen molar-refractivity contribution in [3.8, 4) is 0 Å². The molecule has 0 saturated carbocycles. The van der Waals surface area contributed by atoms with Gasteiger partial charge in [0.1, 0.15) is 17.9 Å². The minimum atomic E-state index is -0.678. The molecule has 7 nitrogen and oxygen atoms in total. The summed E-state index contributed by atoms with van der Waals surface area (Å²) in [5.41, 5.74) is 5.19. The van der Waals surface area contributed by atoms with E-state index < -0.39 is 16.9 Å². The monoisotopic (exact) mass is 198 g/mol. The SMILES string of the molecule is Cc1nn(C(C)C(N)=O)cc1[N+](=O)[O-]. The van der Waals surface area contributed by atoms with Crippen molar-refractivity contribution >= 4 is 11.6 Å². The van der Waals surface area contributed by atoms with Crippen LogP contribution in [0.15, 0.2) is 6.20 Å². The molecule has 0 radical (unpaired) electrons. The van der Waals surface area contributed by atoms with E-state index >= 15 is 0 Å². The fourth-order valence-electron chi connectivity index (χ4n) is 0.980. The number of rotatable bonds is 3. The van der Waals surface area contributed by atoms with Crippen molar-refractivity contribution in [1.82, 2.24) is 9.78 Å². The molecule has 1 aromatic rings. The van der Waals surface area contributed by atoms with Gasteiger partial charge in [-0.15, -0.1) is 0 Å². The molecule has 0 bridgehead atoms. The van der Waals surface area contributed by atoms with Gasteiger partial charge in [-0.05, 0) is 13.8 Å². The van der Waals surface area contributed by atoms with Gasteiger partial charge in [0.25, 0.3) is 0 Å². The molecule has 0 spiro atoms. The predicted molar refractivity (Wildman–Crippen MR) is 47.5 cm³/mol. The second-order valence-electron chi connectivity index (χ2n) is 2.92. The molecule has 0 saturated heterocycles. The second kappa shape index (κ2) is 3.44. The molecule has 14 heavy (non-hydrogen) atoms. The quantitative estimate of drug-likeness (QED) is 0.551. The lowest BCUT2D eigenvalue weighted by Crippen LogP contribution is -2.24. The van der Waals surface area contributed by atoms with Crippen molar-refractivity contribution in [2.45, 2.75) is 19.9 Å². The molecule has 1 atom stereocenters. The van der Waals surface area contributed by atoms with E-state index in [9.17, 15) is 14.9 Å². The van der Waals surface area contributed by atoms with Gasteiger partial charge in [-0.1, -0.05) is 0 Å². The average molecular weight is 198 g/mol. The van der Waals surface area contributed by atoms with Crippen LogP contribution in [0.1, 0.15) is 18.7 Å². The molecule has 2 N–H and O–H groups in total. The highest BCUT2D eigenvalue weighted by molar-refractivity contribution is 5.77. The van der Waals surface area contributed by atoms with E-state index in [0.29, 0.717) is 0 Å². The van der Waals surface area contributed by atoms with E-state index in [0.717, 1.165) is 0 Å². The highest BCUT2D eigenvalue weighted by Gasteiger charge is 2.20. The first-order valence-electron chi connectivity index (χ1n) is 3.93. The third kappa shape index (κ3) is 1.70. The van der Waals surface area contributed by atoms with Crippen molar-refractivity contribution in [2.24, 2.45) is 5.73 Å². The van der Waals surface area contributed by atoms with Crippen LogP contribution >= 0.6 is 0 Å². The molecule has 7 heteroatoms. The lowest BCUT2D eigenvalue weighted by Gasteiger charge is -2.05. The molecule has 0 aliphatic carbocycles. The normalized spacial score (nSPS) is 12.4. The Balaban J connectivity index is 3.08. The number of carbonyl (C=O) groups is 1. The number of hydrogen-bond donors (Lipinski definition) is 1. The predicted octanol–water partition coefficient (Wildman–Crippen LogP) is 0.146. The zero-order valence-corrected chi connectivity index (χ0v) is 7.80. The molecule has 76 valence electrons. The molecule has 1 unspecified atom stereocenters. The summed E-state index contributed by atoms with van der Waals surface area (Å²) < 4.78 is 1.19. The summed E-state index contributed by atoms with van der Waals surface area (Å²) in [6.07, 6.45) is 1.20. The number of amides is 1. The van der Waals surface area contributed by atoms with Crippen LogP contribution in [0.5, 0.6) is 0 Å². The molecular weight excluding hydrogens is 188 g/mol. The number of aryl methyl sites for hydroxylation is 1. The molecule has 1 amide bonds. The molecule has 0 aliphatic heterocycles. The van der Waals surface area contributed by atoms with Gasteiger partial charge in [-0.25, -0.2) is 0 Å². The second-order valence-corrected chi connectivity index (χ2v) is 2.92. The summed E-state index contributed by atoms with van der Waals surface area (Å²) in [5, 5.41) is 14.3. The number of hydrogen-bond acceptors (Lipinski definition) is 4. The third-order valence-electron chi connectivity index (χ3n) is 1.90. The Bertz CT molecular complexity index is 384. The van der Waals surface area contributed by atoms with Gasteiger partial charge in [0, 0.05) is 0 Å². The first-order valence-corrected chi connectivity index (χ1v) is 3.93. The van der Waals surface area contributed by atoms with E-state index in [-0.39, 0.29) is 11.4 Å². The minimum absolute atomic E-state index is 0.113. The first-order chi connectivity index (χ1) is 6.43. The van der Waals surface area contributed by atoms with Crippen LogP contribution in [0.4, 0.5) is 5.69 Å². The van der Waals surface area contributed by atoms with Crippen LogP contribution in [0.3, 0.4) is 0 Å². The Labute approximate surface area is 79.7 Å². The number of carbonyl (C=O) groups excluding carboxylic acids is 1. The van der Waals surface area contributed by atoms with Crippen LogP contribution in [-0.4, -0.2) is 20.6 Å². The van der Waals surface area contributed by atoms with Crippen LogP contribution in [0, 0.1) is 17.0 Å². The van der Waals surface area contributed by atoms with Crippen LogP contribution in [0.25, 0.3) is 0 Å². The minimum Gasteiger partial charge on any atom is -0.368 e. The number of aromatic nitrogens is 2. The van der Waals surface area contributed by atoms with Crippen molar-refractivity contribution < 1.29 is 9.72 Å². The number of nitrogens with two attached hydrogens (primary N) is 1. The molecule has 1 aromatic heterocycles. The zero-order valence-electron chi connectivity index (χ0n) is 7.80. The summed E-state index contributed by atoms with van der Waals surface area (Å²) >= 11 is 0. The summed E-state index contributed by atoms with van der Waals surface area (Å²) in [5.74, 6) is -0.581. The van der Waals surface area contributed by atoms with Crippen LogP contribution in [-0.2, 0) is 4.79 Å². The van der Waals surface area contributed by atoms with Gasteiger partial charge >= 0.3 is 5.69 Å². The Morgan fingerprint density at radius 2 is 2.36 bits per heavy atom. The van der Waals surface area contributed by atoms with E-state index in [1.54, 1.807) is 0 Å². The van der Waals surface area contributed by atoms with Crippen molar-refractivity contribution in [2.75, 3.05) is 0 Å². The summed E-state index contributed by atoms with van der Waals surface area (Å²) in [7, 11) is 0. The van der Waals surface area contributed by atoms with Gasteiger partial charge in [-0.3, -0.25) is 19.6 Å². The Hall–Kier alpha value is -1.92. The van der Waals surface area contributed by atoms with Gasteiger partial charge in [0.05, 0.1) is 4.92 Å². The zero-order chi connectivity index (χ0) is 10.9. The topological polar surface area (TPSA) is 104 Å². The van der Waals surface area contributed by atoms with E-state index in [2.05, 4.69) is 5.10 Å². The summed E-state index contributed by atoms with van der Waals surface area (Å²) in [4.78, 5) is 20.7. The lowest BCUT2D eigenvalue weighted by atomic mass is 10.3. The smallest absolute Gasteiger partial charge is 0.309 e. The summed E-state index contributed by atoms with van der Waals surface area (Å²) in [6, 6.07) is -0.678. The highest BCUT2D eigenvalue weighted by Crippen LogP contribution is 2.17. The fraction of sp³-hybridized carbons (Fsp3) is 0.429. The fourth-order valence-corrected chi connectivity index (χ4v) is 0.980.